The van der Waals surface area contributed by atoms with Gasteiger partial charge in [0, 0.05) is 19.1 Å². The number of nitrogens with two attached hydrogens (primary N) is 1. The Morgan fingerprint density at radius 3 is 2.60 bits per heavy atom. The van der Waals surface area contributed by atoms with Gasteiger partial charge in [-0.15, -0.1) is 24.8 Å². The van der Waals surface area contributed by atoms with Gasteiger partial charge in [-0.3, -0.25) is 9.69 Å². The SMILES string of the molecule is Cl.Cl.NCC1CCCC1NC(=O)C1CCCN(Cc2ccccc2)C1. The lowest BCUT2D eigenvalue weighted by Crippen LogP contribution is -2.47. The second kappa shape index (κ2) is 11.0. The van der Waals surface area contributed by atoms with Crippen molar-refractivity contribution in [3.05, 3.63) is 35.9 Å². The first-order chi connectivity index (χ1) is 11.3. The molecule has 3 unspecified atom stereocenters. The summed E-state index contributed by atoms with van der Waals surface area (Å²) in [5.74, 6) is 0.850. The van der Waals surface area contributed by atoms with Crippen molar-refractivity contribution in [2.24, 2.45) is 17.6 Å². The Balaban J connectivity index is 0.00000156. The highest BCUT2D eigenvalue weighted by molar-refractivity contribution is 5.85. The van der Waals surface area contributed by atoms with Gasteiger partial charge in [0.1, 0.15) is 0 Å². The highest BCUT2D eigenvalue weighted by atomic mass is 35.5. The zero-order valence-corrected chi connectivity index (χ0v) is 16.4. The van der Waals surface area contributed by atoms with Crippen LogP contribution >= 0.6 is 24.8 Å². The van der Waals surface area contributed by atoms with Crippen LogP contribution in [0.5, 0.6) is 0 Å². The number of hydrogen-bond donors (Lipinski definition) is 2. The zero-order chi connectivity index (χ0) is 16.1. The second-order valence-corrected chi connectivity index (χ2v) is 7.10. The van der Waals surface area contributed by atoms with Crippen molar-refractivity contribution < 1.29 is 4.79 Å². The fraction of sp³-hybridized carbons (Fsp3) is 0.632. The van der Waals surface area contributed by atoms with Crippen LogP contribution in [0, 0.1) is 11.8 Å². The lowest BCUT2D eigenvalue weighted by Gasteiger charge is -2.33. The van der Waals surface area contributed by atoms with Crippen LogP contribution in [0.1, 0.15) is 37.7 Å². The van der Waals surface area contributed by atoms with E-state index in [0.29, 0.717) is 18.5 Å². The van der Waals surface area contributed by atoms with Crippen molar-refractivity contribution in [2.75, 3.05) is 19.6 Å². The fourth-order valence-electron chi connectivity index (χ4n) is 4.06. The summed E-state index contributed by atoms with van der Waals surface area (Å²) in [5.41, 5.74) is 7.15. The average molecular weight is 388 g/mol. The molecule has 1 aliphatic heterocycles. The van der Waals surface area contributed by atoms with Crippen LogP contribution in [-0.4, -0.2) is 36.5 Å². The van der Waals surface area contributed by atoms with E-state index in [4.69, 9.17) is 5.73 Å². The molecule has 1 aromatic rings. The van der Waals surface area contributed by atoms with Gasteiger partial charge in [-0.25, -0.2) is 0 Å². The molecule has 1 aliphatic carbocycles. The van der Waals surface area contributed by atoms with Gasteiger partial charge < -0.3 is 11.1 Å². The molecule has 1 amide bonds. The molecule has 0 spiro atoms. The van der Waals surface area contributed by atoms with E-state index in [1.54, 1.807) is 0 Å². The van der Waals surface area contributed by atoms with Crippen LogP contribution < -0.4 is 11.1 Å². The number of halogens is 2. The molecular weight excluding hydrogens is 357 g/mol. The summed E-state index contributed by atoms with van der Waals surface area (Å²) >= 11 is 0. The summed E-state index contributed by atoms with van der Waals surface area (Å²) in [6.45, 7) is 3.60. The summed E-state index contributed by atoms with van der Waals surface area (Å²) in [4.78, 5) is 15.0. The van der Waals surface area contributed by atoms with Crippen LogP contribution in [0.3, 0.4) is 0 Å². The van der Waals surface area contributed by atoms with E-state index < -0.39 is 0 Å². The monoisotopic (exact) mass is 387 g/mol. The Hall–Kier alpha value is -0.810. The minimum Gasteiger partial charge on any atom is -0.353 e. The van der Waals surface area contributed by atoms with E-state index in [9.17, 15) is 4.79 Å². The molecule has 3 rings (SSSR count). The molecule has 0 radical (unpaired) electrons. The first-order valence-electron chi connectivity index (χ1n) is 9.03. The number of hydrogen-bond acceptors (Lipinski definition) is 3. The number of rotatable bonds is 5. The fourth-order valence-corrected chi connectivity index (χ4v) is 4.06. The van der Waals surface area contributed by atoms with E-state index in [-0.39, 0.29) is 36.6 Å². The van der Waals surface area contributed by atoms with Gasteiger partial charge >= 0.3 is 0 Å². The molecule has 0 bridgehead atoms. The van der Waals surface area contributed by atoms with Gasteiger partial charge in [0.25, 0.3) is 0 Å². The van der Waals surface area contributed by atoms with Crippen LogP contribution in [0.25, 0.3) is 0 Å². The third-order valence-corrected chi connectivity index (χ3v) is 5.41. The molecule has 1 aromatic carbocycles. The Kier molecular flexibility index (Phi) is 9.80. The zero-order valence-electron chi connectivity index (χ0n) is 14.7. The summed E-state index contributed by atoms with van der Waals surface area (Å²) < 4.78 is 0. The molecule has 3 N–H and O–H groups in total. The molecule has 2 aliphatic rings. The minimum absolute atomic E-state index is 0. The Bertz CT molecular complexity index is 515. The van der Waals surface area contributed by atoms with Crippen molar-refractivity contribution in [2.45, 2.75) is 44.7 Å². The van der Waals surface area contributed by atoms with E-state index in [1.807, 2.05) is 6.07 Å². The van der Waals surface area contributed by atoms with Crippen molar-refractivity contribution in [1.82, 2.24) is 10.2 Å². The van der Waals surface area contributed by atoms with E-state index in [1.165, 1.54) is 12.0 Å². The molecule has 1 heterocycles. The number of amides is 1. The standard InChI is InChI=1S/C19H29N3O.2ClH/c20-12-16-8-4-10-18(16)21-19(23)17-9-5-11-22(14-17)13-15-6-2-1-3-7-15;;/h1-3,6-7,16-18H,4-5,8-14,20H2,(H,21,23);2*1H. The number of carbonyl (C=O) groups excluding carboxylic acids is 1. The first kappa shape index (κ1) is 22.2. The van der Waals surface area contributed by atoms with Gasteiger partial charge in [-0.2, -0.15) is 0 Å². The summed E-state index contributed by atoms with van der Waals surface area (Å²) in [5, 5.41) is 3.29. The number of nitrogens with zero attached hydrogens (tertiary/aromatic N) is 1. The van der Waals surface area contributed by atoms with E-state index in [2.05, 4.69) is 34.5 Å². The normalized spacial score (nSPS) is 26.4. The highest BCUT2D eigenvalue weighted by Gasteiger charge is 2.31. The maximum Gasteiger partial charge on any atom is 0.224 e. The smallest absolute Gasteiger partial charge is 0.224 e. The van der Waals surface area contributed by atoms with Gasteiger partial charge in [0.05, 0.1) is 5.92 Å². The largest absolute Gasteiger partial charge is 0.353 e. The van der Waals surface area contributed by atoms with Gasteiger partial charge in [-0.1, -0.05) is 36.8 Å². The van der Waals surface area contributed by atoms with Crippen molar-refractivity contribution >= 4 is 30.7 Å². The topological polar surface area (TPSA) is 58.4 Å². The van der Waals surface area contributed by atoms with Crippen LogP contribution in [0.4, 0.5) is 0 Å². The lowest BCUT2D eigenvalue weighted by molar-refractivity contribution is -0.127. The number of carbonyl (C=O) groups is 1. The van der Waals surface area contributed by atoms with Gasteiger partial charge in [0.15, 0.2) is 0 Å². The third-order valence-electron chi connectivity index (χ3n) is 5.41. The highest BCUT2D eigenvalue weighted by Crippen LogP contribution is 2.26. The molecule has 1 saturated heterocycles. The predicted molar refractivity (Wildman–Crippen MR) is 107 cm³/mol. The minimum atomic E-state index is 0. The molecule has 142 valence electrons. The molecule has 6 heteroatoms. The molecule has 0 aromatic heterocycles. The average Bonchev–Trinajstić information content (AvgIpc) is 3.03. The molecule has 25 heavy (non-hydrogen) atoms. The molecule has 4 nitrogen and oxygen atoms in total. The Morgan fingerprint density at radius 2 is 1.88 bits per heavy atom. The summed E-state index contributed by atoms with van der Waals surface area (Å²) in [7, 11) is 0. The second-order valence-electron chi connectivity index (χ2n) is 7.10. The van der Waals surface area contributed by atoms with Crippen LogP contribution in [0.15, 0.2) is 30.3 Å². The van der Waals surface area contributed by atoms with Gasteiger partial charge in [-0.05, 0) is 50.3 Å². The van der Waals surface area contributed by atoms with Crippen molar-refractivity contribution in [3.63, 3.8) is 0 Å². The van der Waals surface area contributed by atoms with Crippen molar-refractivity contribution in [1.29, 1.82) is 0 Å². The number of benzene rings is 1. The molecule has 3 atom stereocenters. The summed E-state index contributed by atoms with van der Waals surface area (Å²) in [6.07, 6.45) is 5.56. The molecule has 2 fully saturated rings. The van der Waals surface area contributed by atoms with Crippen LogP contribution in [0.2, 0.25) is 0 Å². The maximum absolute atomic E-state index is 12.6. The Morgan fingerprint density at radius 1 is 1.12 bits per heavy atom. The predicted octanol–water partition coefficient (Wildman–Crippen LogP) is 2.99. The molecule has 1 saturated carbocycles. The Labute approximate surface area is 163 Å². The first-order valence-corrected chi connectivity index (χ1v) is 9.03. The number of piperidine rings is 1. The maximum atomic E-state index is 12.6. The van der Waals surface area contributed by atoms with Gasteiger partial charge in [0.2, 0.25) is 5.91 Å². The third kappa shape index (κ3) is 6.14. The molecular formula is C19H31Cl2N3O. The van der Waals surface area contributed by atoms with Crippen molar-refractivity contribution in [3.8, 4) is 0 Å². The van der Waals surface area contributed by atoms with Crippen LogP contribution in [-0.2, 0) is 11.3 Å². The lowest BCUT2D eigenvalue weighted by atomic mass is 9.95. The van der Waals surface area contributed by atoms with E-state index >= 15 is 0 Å². The van der Waals surface area contributed by atoms with E-state index in [0.717, 1.165) is 45.3 Å². The number of likely N-dealkylation sites (tertiary alicyclic amines) is 1. The number of nitrogens with one attached hydrogen (secondary N) is 1. The quantitative estimate of drug-likeness (QED) is 0.816. The summed E-state index contributed by atoms with van der Waals surface area (Å²) in [6, 6.07) is 10.8.